The number of nitrogen functional groups attached to an aromatic ring is 1. The van der Waals surface area contributed by atoms with E-state index in [0.29, 0.717) is 17.2 Å². The van der Waals surface area contributed by atoms with Gasteiger partial charge in [0.2, 0.25) is 0 Å². The number of nitrogens with zero attached hydrogens (tertiary/aromatic N) is 2. The Morgan fingerprint density at radius 2 is 1.74 bits per heavy atom. The number of benzene rings is 1. The maximum absolute atomic E-state index is 13.4. The lowest BCUT2D eigenvalue weighted by atomic mass is 10.1. The molecular formula is C17H20F3N3. The SMILES string of the molecule is CCCCCN(C)c1nc(-c2cc(F)c(F)c(F)c2)ccc1N. The van der Waals surface area contributed by atoms with E-state index < -0.39 is 17.5 Å². The second kappa shape index (κ2) is 7.35. The average molecular weight is 323 g/mol. The first kappa shape index (κ1) is 17.1. The summed E-state index contributed by atoms with van der Waals surface area (Å²) in [5.41, 5.74) is 6.94. The zero-order valence-electron chi connectivity index (χ0n) is 13.2. The summed E-state index contributed by atoms with van der Waals surface area (Å²) < 4.78 is 39.9. The molecule has 3 nitrogen and oxygen atoms in total. The van der Waals surface area contributed by atoms with Crippen molar-refractivity contribution in [1.82, 2.24) is 4.98 Å². The van der Waals surface area contributed by atoms with E-state index in [1.807, 2.05) is 11.9 Å². The van der Waals surface area contributed by atoms with E-state index >= 15 is 0 Å². The molecular weight excluding hydrogens is 303 g/mol. The third kappa shape index (κ3) is 3.94. The molecule has 23 heavy (non-hydrogen) atoms. The summed E-state index contributed by atoms with van der Waals surface area (Å²) in [6.07, 6.45) is 3.20. The van der Waals surface area contributed by atoms with E-state index in [0.717, 1.165) is 37.9 Å². The monoisotopic (exact) mass is 323 g/mol. The van der Waals surface area contributed by atoms with Crippen molar-refractivity contribution in [2.24, 2.45) is 0 Å². The zero-order valence-corrected chi connectivity index (χ0v) is 13.2. The lowest BCUT2D eigenvalue weighted by Gasteiger charge is -2.20. The molecule has 0 saturated heterocycles. The molecule has 0 saturated carbocycles. The minimum Gasteiger partial charge on any atom is -0.396 e. The average Bonchev–Trinajstić information content (AvgIpc) is 2.52. The molecule has 2 aromatic rings. The number of anilines is 2. The lowest BCUT2D eigenvalue weighted by molar-refractivity contribution is 0.447. The topological polar surface area (TPSA) is 42.2 Å². The maximum Gasteiger partial charge on any atom is 0.194 e. The van der Waals surface area contributed by atoms with Crippen LogP contribution < -0.4 is 10.6 Å². The van der Waals surface area contributed by atoms with Gasteiger partial charge in [0.1, 0.15) is 0 Å². The van der Waals surface area contributed by atoms with Crippen molar-refractivity contribution in [3.63, 3.8) is 0 Å². The number of unbranched alkanes of at least 4 members (excludes halogenated alkanes) is 2. The van der Waals surface area contributed by atoms with Crippen LogP contribution >= 0.6 is 0 Å². The summed E-state index contributed by atoms with van der Waals surface area (Å²) in [5, 5.41) is 0. The predicted molar refractivity (Wildman–Crippen MR) is 86.8 cm³/mol. The largest absolute Gasteiger partial charge is 0.396 e. The van der Waals surface area contributed by atoms with Crippen molar-refractivity contribution in [3.8, 4) is 11.3 Å². The zero-order chi connectivity index (χ0) is 17.0. The summed E-state index contributed by atoms with van der Waals surface area (Å²) in [6, 6.07) is 5.05. The Morgan fingerprint density at radius 3 is 2.35 bits per heavy atom. The molecule has 124 valence electrons. The minimum absolute atomic E-state index is 0.171. The molecule has 0 spiro atoms. The molecule has 1 aromatic carbocycles. The van der Waals surface area contributed by atoms with E-state index in [1.54, 1.807) is 12.1 Å². The Kier molecular flexibility index (Phi) is 5.47. The highest BCUT2D eigenvalue weighted by atomic mass is 19.2. The molecule has 1 aromatic heterocycles. The highest BCUT2D eigenvalue weighted by Crippen LogP contribution is 2.27. The smallest absolute Gasteiger partial charge is 0.194 e. The molecule has 0 radical (unpaired) electrons. The minimum atomic E-state index is -1.49. The molecule has 0 atom stereocenters. The van der Waals surface area contributed by atoms with Crippen molar-refractivity contribution < 1.29 is 13.2 Å². The summed E-state index contributed by atoms with van der Waals surface area (Å²) in [5.74, 6) is -3.42. The van der Waals surface area contributed by atoms with Crippen molar-refractivity contribution in [1.29, 1.82) is 0 Å². The van der Waals surface area contributed by atoms with Gasteiger partial charge >= 0.3 is 0 Å². The van der Waals surface area contributed by atoms with E-state index in [2.05, 4.69) is 11.9 Å². The third-order valence-corrected chi connectivity index (χ3v) is 3.64. The number of hydrogen-bond acceptors (Lipinski definition) is 3. The van der Waals surface area contributed by atoms with Gasteiger partial charge in [-0.15, -0.1) is 0 Å². The molecule has 0 aliphatic carbocycles. The number of rotatable bonds is 6. The van der Waals surface area contributed by atoms with Crippen molar-refractivity contribution >= 4 is 11.5 Å². The number of pyridine rings is 1. The van der Waals surface area contributed by atoms with Crippen LogP contribution in [-0.2, 0) is 0 Å². The second-order valence-electron chi connectivity index (χ2n) is 5.49. The van der Waals surface area contributed by atoms with Gasteiger partial charge in [0.25, 0.3) is 0 Å². The molecule has 0 fully saturated rings. The highest BCUT2D eigenvalue weighted by Gasteiger charge is 2.14. The van der Waals surface area contributed by atoms with Crippen LogP contribution in [0.4, 0.5) is 24.7 Å². The highest BCUT2D eigenvalue weighted by molar-refractivity contribution is 5.69. The molecule has 0 aliphatic rings. The van der Waals surface area contributed by atoms with Crippen LogP contribution in [0.1, 0.15) is 26.2 Å². The Balaban J connectivity index is 2.33. The van der Waals surface area contributed by atoms with Crippen LogP contribution in [0.5, 0.6) is 0 Å². The quantitative estimate of drug-likeness (QED) is 0.634. The number of halogens is 3. The maximum atomic E-state index is 13.4. The van der Waals surface area contributed by atoms with Gasteiger partial charge < -0.3 is 10.6 Å². The number of aromatic nitrogens is 1. The first-order chi connectivity index (χ1) is 10.9. The summed E-state index contributed by atoms with van der Waals surface area (Å²) >= 11 is 0. The van der Waals surface area contributed by atoms with Crippen molar-refractivity contribution in [3.05, 3.63) is 41.7 Å². The number of nitrogens with two attached hydrogens (primary N) is 1. The van der Waals surface area contributed by atoms with Crippen LogP contribution in [-0.4, -0.2) is 18.6 Å². The van der Waals surface area contributed by atoms with Crippen LogP contribution in [0.25, 0.3) is 11.3 Å². The summed E-state index contributed by atoms with van der Waals surface area (Å²) in [4.78, 5) is 6.29. The molecule has 0 amide bonds. The Morgan fingerprint density at radius 1 is 1.09 bits per heavy atom. The van der Waals surface area contributed by atoms with Crippen LogP contribution in [0.15, 0.2) is 24.3 Å². The fraction of sp³-hybridized carbons (Fsp3) is 0.353. The number of hydrogen-bond donors (Lipinski definition) is 1. The van der Waals surface area contributed by atoms with Crippen LogP contribution in [0.3, 0.4) is 0 Å². The van der Waals surface area contributed by atoms with Gasteiger partial charge in [0.05, 0.1) is 11.4 Å². The lowest BCUT2D eigenvalue weighted by Crippen LogP contribution is -2.21. The Labute approximate surface area is 133 Å². The molecule has 2 rings (SSSR count). The molecule has 0 aliphatic heterocycles. The predicted octanol–water partition coefficient (Wildman–Crippen LogP) is 4.37. The van der Waals surface area contributed by atoms with Crippen molar-refractivity contribution in [2.45, 2.75) is 26.2 Å². The first-order valence-electron chi connectivity index (χ1n) is 7.56. The van der Waals surface area contributed by atoms with E-state index in [1.165, 1.54) is 0 Å². The fourth-order valence-electron chi connectivity index (χ4n) is 2.33. The normalized spacial score (nSPS) is 10.8. The van der Waals surface area contributed by atoms with Gasteiger partial charge in [-0.05, 0) is 30.7 Å². The Hall–Kier alpha value is -2.24. The molecule has 2 N–H and O–H groups in total. The molecule has 0 unspecified atom stereocenters. The van der Waals surface area contributed by atoms with Gasteiger partial charge in [0.15, 0.2) is 23.3 Å². The van der Waals surface area contributed by atoms with Gasteiger partial charge in [-0.1, -0.05) is 19.8 Å². The van der Waals surface area contributed by atoms with Crippen molar-refractivity contribution in [2.75, 3.05) is 24.2 Å². The third-order valence-electron chi connectivity index (χ3n) is 3.64. The fourth-order valence-corrected chi connectivity index (χ4v) is 2.33. The second-order valence-corrected chi connectivity index (χ2v) is 5.49. The van der Waals surface area contributed by atoms with Gasteiger partial charge in [-0.25, -0.2) is 18.2 Å². The Bertz CT molecular complexity index is 666. The van der Waals surface area contributed by atoms with Gasteiger partial charge in [0, 0.05) is 19.2 Å². The van der Waals surface area contributed by atoms with Gasteiger partial charge in [-0.3, -0.25) is 0 Å². The summed E-state index contributed by atoms with van der Waals surface area (Å²) in [7, 11) is 1.87. The van der Waals surface area contributed by atoms with Gasteiger partial charge in [-0.2, -0.15) is 0 Å². The van der Waals surface area contributed by atoms with Crippen LogP contribution in [0.2, 0.25) is 0 Å². The molecule has 0 bridgehead atoms. The summed E-state index contributed by atoms with van der Waals surface area (Å²) in [6.45, 7) is 2.89. The van der Waals surface area contributed by atoms with E-state index in [-0.39, 0.29) is 5.56 Å². The molecule has 6 heteroatoms. The van der Waals surface area contributed by atoms with Crippen LogP contribution in [0, 0.1) is 17.5 Å². The van der Waals surface area contributed by atoms with E-state index in [9.17, 15) is 13.2 Å². The molecule has 1 heterocycles. The standard InChI is InChI=1S/C17H20F3N3/c1-3-4-5-8-23(2)17-14(21)6-7-15(22-17)11-9-12(18)16(20)13(19)10-11/h6-7,9-10H,3-5,8,21H2,1-2H3. The van der Waals surface area contributed by atoms with E-state index in [4.69, 9.17) is 5.73 Å². The first-order valence-corrected chi connectivity index (χ1v) is 7.56.